The SMILES string of the molecule is O=C1O/C(=C\c2ccc(O)cc2)C(c2ccc(C(F)(F)F)cc2)=C1c1ccc(C(F)(F)F)cc1. The molecule has 1 aliphatic heterocycles. The van der Waals surface area contributed by atoms with Crippen LogP contribution in [0.1, 0.15) is 27.8 Å². The summed E-state index contributed by atoms with van der Waals surface area (Å²) in [5, 5.41) is 9.46. The summed E-state index contributed by atoms with van der Waals surface area (Å²) in [6, 6.07) is 13.7. The Morgan fingerprint density at radius 2 is 1.09 bits per heavy atom. The fourth-order valence-electron chi connectivity index (χ4n) is 3.45. The van der Waals surface area contributed by atoms with Gasteiger partial charge in [0.25, 0.3) is 0 Å². The van der Waals surface area contributed by atoms with Gasteiger partial charge >= 0.3 is 18.3 Å². The predicted molar refractivity (Wildman–Crippen MR) is 112 cm³/mol. The Bertz CT molecular complexity index is 1280. The second-order valence-electron chi connectivity index (χ2n) is 7.39. The van der Waals surface area contributed by atoms with Crippen molar-refractivity contribution in [2.45, 2.75) is 12.4 Å². The Hall–Kier alpha value is -4.01. The Kier molecular flexibility index (Phi) is 5.72. The number of carbonyl (C=O) groups excluding carboxylic acids is 1. The topological polar surface area (TPSA) is 46.5 Å². The van der Waals surface area contributed by atoms with E-state index in [9.17, 15) is 36.2 Å². The van der Waals surface area contributed by atoms with Gasteiger partial charge in [-0.15, -0.1) is 0 Å². The number of esters is 1. The highest BCUT2D eigenvalue weighted by molar-refractivity contribution is 6.31. The average Bonchev–Trinajstić information content (AvgIpc) is 3.10. The van der Waals surface area contributed by atoms with Crippen LogP contribution in [0.15, 0.2) is 78.6 Å². The molecule has 3 aromatic carbocycles. The van der Waals surface area contributed by atoms with E-state index in [1.807, 2.05) is 0 Å². The van der Waals surface area contributed by atoms with Crippen molar-refractivity contribution in [2.24, 2.45) is 0 Å². The molecular formula is C25H14F6O3. The monoisotopic (exact) mass is 476 g/mol. The van der Waals surface area contributed by atoms with E-state index in [4.69, 9.17) is 4.74 Å². The molecule has 0 aliphatic carbocycles. The maximum Gasteiger partial charge on any atom is 0.416 e. The Labute approximate surface area is 189 Å². The van der Waals surface area contributed by atoms with Crippen LogP contribution in [0.3, 0.4) is 0 Å². The number of rotatable bonds is 3. The van der Waals surface area contributed by atoms with E-state index in [0.29, 0.717) is 5.56 Å². The van der Waals surface area contributed by atoms with Crippen molar-refractivity contribution in [1.82, 2.24) is 0 Å². The molecule has 1 heterocycles. The Morgan fingerprint density at radius 3 is 1.53 bits per heavy atom. The summed E-state index contributed by atoms with van der Waals surface area (Å²) in [5.41, 5.74) is -0.939. The van der Waals surface area contributed by atoms with Crippen LogP contribution in [-0.2, 0) is 21.9 Å². The zero-order valence-corrected chi connectivity index (χ0v) is 17.0. The van der Waals surface area contributed by atoms with Crippen LogP contribution in [0.2, 0.25) is 0 Å². The number of carbonyl (C=O) groups is 1. The lowest BCUT2D eigenvalue weighted by atomic mass is 9.93. The largest absolute Gasteiger partial charge is 0.508 e. The molecule has 1 aliphatic rings. The minimum atomic E-state index is -4.58. The van der Waals surface area contributed by atoms with Crippen LogP contribution < -0.4 is 0 Å². The first-order valence-electron chi connectivity index (χ1n) is 9.76. The highest BCUT2D eigenvalue weighted by atomic mass is 19.4. The number of phenolic OH excluding ortho intramolecular Hbond substituents is 1. The Morgan fingerprint density at radius 1 is 0.647 bits per heavy atom. The third-order valence-corrected chi connectivity index (χ3v) is 5.10. The van der Waals surface area contributed by atoms with Gasteiger partial charge in [-0.3, -0.25) is 0 Å². The van der Waals surface area contributed by atoms with Crippen molar-refractivity contribution in [2.75, 3.05) is 0 Å². The minimum absolute atomic E-state index is 0.00495. The molecular weight excluding hydrogens is 462 g/mol. The van der Waals surface area contributed by atoms with Crippen LogP contribution in [0, 0.1) is 0 Å². The number of cyclic esters (lactones) is 1. The van der Waals surface area contributed by atoms with Gasteiger partial charge in [0, 0.05) is 5.57 Å². The summed E-state index contributed by atoms with van der Waals surface area (Å²) < 4.78 is 83.3. The summed E-state index contributed by atoms with van der Waals surface area (Å²) in [6.07, 6.45) is -7.71. The number of alkyl halides is 6. The highest BCUT2D eigenvalue weighted by Gasteiger charge is 2.35. The molecule has 0 radical (unpaired) electrons. The summed E-state index contributed by atoms with van der Waals surface area (Å²) in [7, 11) is 0. The normalized spacial score (nSPS) is 15.7. The molecule has 0 atom stereocenters. The first kappa shape index (κ1) is 23.2. The van der Waals surface area contributed by atoms with Crippen molar-refractivity contribution in [3.05, 3.63) is 106 Å². The van der Waals surface area contributed by atoms with Gasteiger partial charge in [-0.25, -0.2) is 4.79 Å². The van der Waals surface area contributed by atoms with E-state index in [2.05, 4.69) is 0 Å². The number of allylic oxidation sites excluding steroid dienone is 1. The molecule has 0 spiro atoms. The van der Waals surface area contributed by atoms with Crippen LogP contribution >= 0.6 is 0 Å². The van der Waals surface area contributed by atoms with E-state index in [1.165, 1.54) is 30.3 Å². The van der Waals surface area contributed by atoms with Crippen LogP contribution in [0.5, 0.6) is 5.75 Å². The summed E-state index contributed by atoms with van der Waals surface area (Å²) in [4.78, 5) is 12.8. The summed E-state index contributed by atoms with van der Waals surface area (Å²) in [5.74, 6) is -0.862. The molecule has 3 aromatic rings. The van der Waals surface area contributed by atoms with Crippen molar-refractivity contribution in [1.29, 1.82) is 0 Å². The zero-order valence-electron chi connectivity index (χ0n) is 17.0. The molecule has 9 heteroatoms. The van der Waals surface area contributed by atoms with Gasteiger partial charge in [0.15, 0.2) is 0 Å². The van der Waals surface area contributed by atoms with Gasteiger partial charge in [-0.05, 0) is 59.2 Å². The fraction of sp³-hybridized carbons (Fsp3) is 0.0800. The molecule has 0 saturated heterocycles. The molecule has 0 amide bonds. The number of aromatic hydroxyl groups is 1. The average molecular weight is 476 g/mol. The van der Waals surface area contributed by atoms with Crippen LogP contribution in [-0.4, -0.2) is 11.1 Å². The van der Waals surface area contributed by atoms with Gasteiger partial charge in [0.1, 0.15) is 11.5 Å². The number of hydrogen-bond acceptors (Lipinski definition) is 3. The number of hydrogen-bond donors (Lipinski definition) is 1. The van der Waals surface area contributed by atoms with E-state index >= 15 is 0 Å². The predicted octanol–water partition coefficient (Wildman–Crippen LogP) is 6.94. The second kappa shape index (κ2) is 8.40. The molecule has 0 bridgehead atoms. The molecule has 0 aromatic heterocycles. The molecule has 3 nitrogen and oxygen atoms in total. The highest BCUT2D eigenvalue weighted by Crippen LogP contribution is 2.42. The van der Waals surface area contributed by atoms with Crippen molar-refractivity contribution < 1.29 is 41.0 Å². The first-order valence-corrected chi connectivity index (χ1v) is 9.76. The lowest BCUT2D eigenvalue weighted by Gasteiger charge is -2.11. The molecule has 174 valence electrons. The molecule has 0 fully saturated rings. The third-order valence-electron chi connectivity index (χ3n) is 5.10. The standard InChI is InChI=1S/C25H14F6O3/c26-24(27,28)17-7-3-15(4-8-17)21-20(13-14-1-11-19(32)12-2-14)34-23(33)22(21)16-5-9-18(10-6-16)25(29,30)31/h1-13,32H/b20-13-. The zero-order chi connectivity index (χ0) is 24.7. The first-order chi connectivity index (χ1) is 15.9. The second-order valence-corrected chi connectivity index (χ2v) is 7.39. The number of halogens is 6. The third kappa shape index (κ3) is 4.68. The van der Waals surface area contributed by atoms with Crippen molar-refractivity contribution in [3.8, 4) is 5.75 Å². The lowest BCUT2D eigenvalue weighted by Crippen LogP contribution is -2.05. The van der Waals surface area contributed by atoms with Gasteiger partial charge in [-0.1, -0.05) is 36.4 Å². The smallest absolute Gasteiger partial charge is 0.416 e. The quantitative estimate of drug-likeness (QED) is 0.329. The molecule has 0 saturated carbocycles. The molecule has 34 heavy (non-hydrogen) atoms. The maximum atomic E-state index is 13.0. The summed E-state index contributed by atoms with van der Waals surface area (Å²) in [6.45, 7) is 0. The number of ether oxygens (including phenoxy) is 1. The van der Waals surface area contributed by atoms with Gasteiger partial charge in [-0.2, -0.15) is 26.3 Å². The Balaban J connectivity index is 1.88. The van der Waals surface area contributed by atoms with Gasteiger partial charge in [0.2, 0.25) is 0 Å². The van der Waals surface area contributed by atoms with Crippen LogP contribution in [0.25, 0.3) is 17.2 Å². The van der Waals surface area contributed by atoms with Crippen molar-refractivity contribution >= 4 is 23.2 Å². The van der Waals surface area contributed by atoms with E-state index in [-0.39, 0.29) is 33.8 Å². The van der Waals surface area contributed by atoms with Crippen molar-refractivity contribution in [3.63, 3.8) is 0 Å². The van der Waals surface area contributed by atoms with E-state index in [1.54, 1.807) is 0 Å². The maximum absolute atomic E-state index is 13.0. The molecule has 4 rings (SSSR count). The summed E-state index contributed by atoms with van der Waals surface area (Å²) >= 11 is 0. The molecule has 1 N–H and O–H groups in total. The van der Waals surface area contributed by atoms with Crippen LogP contribution in [0.4, 0.5) is 26.3 Å². The lowest BCUT2D eigenvalue weighted by molar-refractivity contribution is -0.138. The van der Waals surface area contributed by atoms with Gasteiger partial charge < -0.3 is 9.84 Å². The molecule has 0 unspecified atom stereocenters. The van der Waals surface area contributed by atoms with Gasteiger partial charge in [0.05, 0.1) is 16.7 Å². The van der Waals surface area contributed by atoms with E-state index in [0.717, 1.165) is 48.5 Å². The number of benzene rings is 3. The number of phenols is 1. The minimum Gasteiger partial charge on any atom is -0.508 e. The van der Waals surface area contributed by atoms with E-state index < -0.39 is 29.4 Å². The fourth-order valence-corrected chi connectivity index (χ4v) is 3.45.